The Bertz CT molecular complexity index is 302. The van der Waals surface area contributed by atoms with Crippen LogP contribution in [0.1, 0.15) is 39.5 Å². The van der Waals surface area contributed by atoms with Gasteiger partial charge in [0.2, 0.25) is 0 Å². The average Bonchev–Trinajstić information content (AvgIpc) is 2.38. The molecule has 1 heterocycles. The largest absolute Gasteiger partial charge is 0.615 e. The van der Waals surface area contributed by atoms with Crippen LogP contribution in [0.3, 0.4) is 0 Å². The summed E-state index contributed by atoms with van der Waals surface area (Å²) < 4.78 is 12.8. The predicted octanol–water partition coefficient (Wildman–Crippen LogP) is 3.52. The van der Waals surface area contributed by atoms with Gasteiger partial charge in [0.15, 0.2) is 4.58 Å². The molecule has 2 fully saturated rings. The summed E-state index contributed by atoms with van der Waals surface area (Å²) in [5.74, 6) is 7.44. The van der Waals surface area contributed by atoms with Gasteiger partial charge in [-0.25, -0.2) is 0 Å². The molecule has 18 heavy (non-hydrogen) atoms. The molecule has 0 aromatic heterocycles. The molecule has 2 aliphatic rings. The summed E-state index contributed by atoms with van der Waals surface area (Å²) in [4.78, 5) is 0. The van der Waals surface area contributed by atoms with Gasteiger partial charge in [-0.2, -0.15) is 0 Å². The first-order valence-corrected chi connectivity index (χ1v) is 9.49. The van der Waals surface area contributed by atoms with E-state index < -0.39 is 11.2 Å². The van der Waals surface area contributed by atoms with E-state index in [1.807, 2.05) is 11.8 Å². The fourth-order valence-corrected chi connectivity index (χ4v) is 7.47. The Balaban J connectivity index is 1.86. The molecule has 1 nitrogen and oxygen atoms in total. The van der Waals surface area contributed by atoms with E-state index in [4.69, 9.17) is 6.42 Å². The zero-order valence-electron chi connectivity index (χ0n) is 11.4. The summed E-state index contributed by atoms with van der Waals surface area (Å²) in [6.45, 7) is 4.50. The first kappa shape index (κ1) is 14.6. The lowest BCUT2D eigenvalue weighted by Crippen LogP contribution is -2.40. The molecule has 1 unspecified atom stereocenters. The number of rotatable bonds is 2. The molecule has 3 atom stereocenters. The van der Waals surface area contributed by atoms with Crippen LogP contribution in [0.2, 0.25) is 0 Å². The van der Waals surface area contributed by atoms with Gasteiger partial charge in [-0.05, 0) is 42.8 Å². The van der Waals surface area contributed by atoms with E-state index in [2.05, 4.69) is 19.8 Å². The highest BCUT2D eigenvalue weighted by Gasteiger charge is 2.40. The average molecular weight is 284 g/mol. The Kier molecular flexibility index (Phi) is 5.35. The van der Waals surface area contributed by atoms with Gasteiger partial charge in [0, 0.05) is 23.5 Å². The molecule has 0 spiro atoms. The maximum atomic E-state index is 12.4. The minimum atomic E-state index is -0.628. The van der Waals surface area contributed by atoms with Crippen molar-refractivity contribution in [2.75, 3.05) is 11.5 Å². The normalized spacial score (nSPS) is 41.6. The van der Waals surface area contributed by atoms with Crippen LogP contribution < -0.4 is 0 Å². The highest BCUT2D eigenvalue weighted by atomic mass is 32.3. The van der Waals surface area contributed by atoms with Crippen LogP contribution in [0.25, 0.3) is 0 Å². The summed E-state index contributed by atoms with van der Waals surface area (Å²) in [6.07, 6.45) is 10.1. The lowest BCUT2D eigenvalue weighted by molar-refractivity contribution is 0.327. The highest BCUT2D eigenvalue weighted by molar-refractivity contribution is 8.14. The van der Waals surface area contributed by atoms with Crippen molar-refractivity contribution in [1.29, 1.82) is 0 Å². The second kappa shape index (κ2) is 6.59. The lowest BCUT2D eigenvalue weighted by atomic mass is 9.83. The van der Waals surface area contributed by atoms with Crippen LogP contribution in [0.5, 0.6) is 0 Å². The highest BCUT2D eigenvalue weighted by Crippen LogP contribution is 2.42. The first-order valence-electron chi connectivity index (χ1n) is 7.06. The first-order chi connectivity index (χ1) is 8.61. The van der Waals surface area contributed by atoms with E-state index in [1.165, 1.54) is 18.6 Å². The van der Waals surface area contributed by atoms with Crippen molar-refractivity contribution < 1.29 is 4.55 Å². The van der Waals surface area contributed by atoms with Crippen LogP contribution >= 0.6 is 11.8 Å². The molecule has 102 valence electrons. The van der Waals surface area contributed by atoms with Crippen LogP contribution in [0, 0.1) is 36.0 Å². The molecule has 0 aromatic rings. The summed E-state index contributed by atoms with van der Waals surface area (Å²) in [5, 5.41) is 0. The summed E-state index contributed by atoms with van der Waals surface area (Å²) in [6, 6.07) is 0. The lowest BCUT2D eigenvalue weighted by Gasteiger charge is -2.38. The SMILES string of the molecule is C#CC1CCC([C@@H]2SCC(C(C)C)C[S@@+]2[O-])CC1. The Hall–Kier alpha value is 0.220. The molecular formula is C15H24OS2. The smallest absolute Gasteiger partial charge is 0.163 e. The number of hydrogen-bond donors (Lipinski definition) is 0. The van der Waals surface area contributed by atoms with Crippen molar-refractivity contribution in [2.24, 2.45) is 23.7 Å². The standard InChI is InChI=1S/C15H24OS2/c1-4-12-5-7-13(8-6-12)15-17-9-14(11(2)3)10-18(15)16/h1,11-15H,5-10H2,2-3H3/t12?,13?,14?,15-,18-/m1/s1. The molecule has 1 saturated carbocycles. The van der Waals surface area contributed by atoms with Gasteiger partial charge in [-0.1, -0.05) is 13.8 Å². The van der Waals surface area contributed by atoms with Gasteiger partial charge in [0.25, 0.3) is 0 Å². The molecular weight excluding hydrogens is 260 g/mol. The molecule has 0 amide bonds. The maximum absolute atomic E-state index is 12.4. The van der Waals surface area contributed by atoms with Crippen molar-refractivity contribution in [3.63, 3.8) is 0 Å². The summed E-state index contributed by atoms with van der Waals surface area (Å²) >= 11 is 1.34. The zero-order valence-corrected chi connectivity index (χ0v) is 13.1. The predicted molar refractivity (Wildman–Crippen MR) is 81.9 cm³/mol. The quantitative estimate of drug-likeness (QED) is 0.572. The summed E-state index contributed by atoms with van der Waals surface area (Å²) in [7, 11) is 0. The molecule has 3 heteroatoms. The van der Waals surface area contributed by atoms with Crippen LogP contribution in [-0.4, -0.2) is 20.6 Å². The molecule has 0 N–H and O–H groups in total. The van der Waals surface area contributed by atoms with Crippen molar-refractivity contribution in [3.8, 4) is 12.3 Å². The second-order valence-electron chi connectivity index (χ2n) is 6.03. The topological polar surface area (TPSA) is 23.1 Å². The van der Waals surface area contributed by atoms with Gasteiger partial charge in [0.05, 0.1) is 0 Å². The zero-order chi connectivity index (χ0) is 13.1. The molecule has 1 saturated heterocycles. The minimum absolute atomic E-state index is 0.388. The number of thioether (sulfide) groups is 1. The van der Waals surface area contributed by atoms with E-state index in [0.717, 1.165) is 18.6 Å². The number of hydrogen-bond acceptors (Lipinski definition) is 2. The van der Waals surface area contributed by atoms with E-state index in [0.29, 0.717) is 28.3 Å². The molecule has 0 radical (unpaired) electrons. The van der Waals surface area contributed by atoms with E-state index in [9.17, 15) is 4.55 Å². The van der Waals surface area contributed by atoms with Gasteiger partial charge in [-0.15, -0.1) is 24.1 Å². The van der Waals surface area contributed by atoms with Crippen LogP contribution in [-0.2, 0) is 11.2 Å². The molecule has 1 aliphatic carbocycles. The third-order valence-electron chi connectivity index (χ3n) is 4.45. The Labute approximate surface area is 119 Å². The number of terminal acetylenes is 1. The minimum Gasteiger partial charge on any atom is -0.615 e. The Morgan fingerprint density at radius 1 is 1.28 bits per heavy atom. The molecule has 2 rings (SSSR count). The molecule has 0 aromatic carbocycles. The van der Waals surface area contributed by atoms with E-state index in [-0.39, 0.29) is 0 Å². The van der Waals surface area contributed by atoms with Crippen molar-refractivity contribution in [2.45, 2.75) is 44.1 Å². The van der Waals surface area contributed by atoms with Crippen molar-refractivity contribution in [1.82, 2.24) is 0 Å². The van der Waals surface area contributed by atoms with Crippen LogP contribution in [0.4, 0.5) is 0 Å². The summed E-state index contributed by atoms with van der Waals surface area (Å²) in [5.41, 5.74) is 0. The van der Waals surface area contributed by atoms with Gasteiger partial charge >= 0.3 is 0 Å². The van der Waals surface area contributed by atoms with Crippen molar-refractivity contribution in [3.05, 3.63) is 0 Å². The molecule has 0 bridgehead atoms. The van der Waals surface area contributed by atoms with E-state index >= 15 is 0 Å². The maximum Gasteiger partial charge on any atom is 0.163 e. The third-order valence-corrected chi connectivity index (χ3v) is 8.49. The third kappa shape index (κ3) is 3.40. The Morgan fingerprint density at radius 3 is 2.44 bits per heavy atom. The van der Waals surface area contributed by atoms with Gasteiger partial charge < -0.3 is 4.55 Å². The van der Waals surface area contributed by atoms with Crippen LogP contribution in [0.15, 0.2) is 0 Å². The van der Waals surface area contributed by atoms with E-state index in [1.54, 1.807) is 0 Å². The van der Waals surface area contributed by atoms with Crippen molar-refractivity contribution >= 4 is 22.9 Å². The van der Waals surface area contributed by atoms with Gasteiger partial charge in [0.1, 0.15) is 5.75 Å². The Morgan fingerprint density at radius 2 is 1.94 bits per heavy atom. The fraction of sp³-hybridized carbons (Fsp3) is 0.867. The fourth-order valence-electron chi connectivity index (χ4n) is 2.94. The molecule has 1 aliphatic heterocycles. The second-order valence-corrected chi connectivity index (χ2v) is 9.11. The van der Waals surface area contributed by atoms with Gasteiger partial charge in [-0.3, -0.25) is 0 Å². The monoisotopic (exact) mass is 284 g/mol.